The largest absolute Gasteiger partial charge is 0.334 e. The zero-order valence-corrected chi connectivity index (χ0v) is 15.4. The van der Waals surface area contributed by atoms with E-state index in [9.17, 15) is 4.79 Å². The van der Waals surface area contributed by atoms with Gasteiger partial charge >= 0.3 is 0 Å². The average molecular weight is 349 g/mol. The van der Waals surface area contributed by atoms with E-state index >= 15 is 0 Å². The van der Waals surface area contributed by atoms with E-state index < -0.39 is 0 Å². The molecule has 134 valence electrons. The summed E-state index contributed by atoms with van der Waals surface area (Å²) in [5.41, 5.74) is 5.24. The lowest BCUT2D eigenvalue weighted by atomic mass is 10.1. The van der Waals surface area contributed by atoms with Gasteiger partial charge in [-0.3, -0.25) is 9.48 Å². The lowest BCUT2D eigenvalue weighted by molar-refractivity contribution is 0.0722. The van der Waals surface area contributed by atoms with Crippen LogP contribution in [0.15, 0.2) is 30.6 Å². The van der Waals surface area contributed by atoms with E-state index in [0.717, 1.165) is 53.9 Å². The number of hydrogen-bond acceptors (Lipinski definition) is 4. The van der Waals surface area contributed by atoms with E-state index in [1.54, 1.807) is 0 Å². The highest BCUT2D eigenvalue weighted by Crippen LogP contribution is 2.23. The van der Waals surface area contributed by atoms with Gasteiger partial charge in [0, 0.05) is 18.3 Å². The SMILES string of the molecule is Cc1cnn(C[C@H]2CCCN2C(=O)c2ccc3nc(C)c(C)nc3c2)c1. The summed E-state index contributed by atoms with van der Waals surface area (Å²) >= 11 is 0. The van der Waals surface area contributed by atoms with E-state index in [4.69, 9.17) is 0 Å². The molecule has 4 rings (SSSR count). The molecule has 0 unspecified atom stereocenters. The van der Waals surface area contributed by atoms with Crippen molar-refractivity contribution in [2.24, 2.45) is 0 Å². The predicted octanol–water partition coefficient (Wildman–Crippen LogP) is 3.06. The van der Waals surface area contributed by atoms with Gasteiger partial charge in [0.05, 0.1) is 41.2 Å². The number of rotatable bonds is 3. The number of benzene rings is 1. The first kappa shape index (κ1) is 16.7. The molecule has 0 bridgehead atoms. The third-order valence-corrected chi connectivity index (χ3v) is 5.12. The highest BCUT2D eigenvalue weighted by Gasteiger charge is 2.30. The van der Waals surface area contributed by atoms with Gasteiger partial charge in [-0.2, -0.15) is 5.10 Å². The van der Waals surface area contributed by atoms with E-state index in [2.05, 4.69) is 15.1 Å². The summed E-state index contributed by atoms with van der Waals surface area (Å²) in [5, 5.41) is 4.37. The van der Waals surface area contributed by atoms with Crippen LogP contribution in [0.2, 0.25) is 0 Å². The number of amides is 1. The van der Waals surface area contributed by atoms with Crippen LogP contribution < -0.4 is 0 Å². The summed E-state index contributed by atoms with van der Waals surface area (Å²) in [5.74, 6) is 0.0679. The molecule has 1 aromatic carbocycles. The first-order chi connectivity index (χ1) is 12.5. The monoisotopic (exact) mass is 349 g/mol. The smallest absolute Gasteiger partial charge is 0.254 e. The van der Waals surface area contributed by atoms with Crippen LogP contribution in [0.4, 0.5) is 0 Å². The van der Waals surface area contributed by atoms with Crippen LogP contribution >= 0.6 is 0 Å². The second-order valence-electron chi connectivity index (χ2n) is 7.13. The molecule has 1 saturated heterocycles. The molecule has 1 aliphatic rings. The number of nitrogens with zero attached hydrogens (tertiary/aromatic N) is 5. The van der Waals surface area contributed by atoms with E-state index in [0.29, 0.717) is 5.56 Å². The molecular formula is C20H23N5O. The molecule has 0 spiro atoms. The minimum atomic E-state index is 0.0679. The molecule has 3 aromatic rings. The van der Waals surface area contributed by atoms with Crippen LogP contribution in [0.5, 0.6) is 0 Å². The Morgan fingerprint density at radius 3 is 2.65 bits per heavy atom. The molecule has 6 nitrogen and oxygen atoms in total. The molecule has 26 heavy (non-hydrogen) atoms. The summed E-state index contributed by atoms with van der Waals surface area (Å²) in [7, 11) is 0. The fraction of sp³-hybridized carbons (Fsp3) is 0.400. The zero-order chi connectivity index (χ0) is 18.3. The van der Waals surface area contributed by atoms with Gasteiger partial charge in [0.1, 0.15) is 0 Å². The van der Waals surface area contributed by atoms with E-state index in [1.807, 2.05) is 60.9 Å². The predicted molar refractivity (Wildman–Crippen MR) is 100 cm³/mol. The van der Waals surface area contributed by atoms with Crippen LogP contribution in [-0.2, 0) is 6.54 Å². The van der Waals surface area contributed by atoms with Crippen LogP contribution in [0.25, 0.3) is 11.0 Å². The first-order valence-corrected chi connectivity index (χ1v) is 9.06. The van der Waals surface area contributed by atoms with Crippen molar-refractivity contribution in [3.8, 4) is 0 Å². The highest BCUT2D eigenvalue weighted by molar-refractivity contribution is 5.97. The number of aromatic nitrogens is 4. The molecule has 0 saturated carbocycles. The maximum Gasteiger partial charge on any atom is 0.254 e. The number of hydrogen-bond donors (Lipinski definition) is 0. The van der Waals surface area contributed by atoms with Crippen molar-refractivity contribution in [2.45, 2.75) is 46.2 Å². The van der Waals surface area contributed by atoms with Gasteiger partial charge in [-0.15, -0.1) is 0 Å². The third-order valence-electron chi connectivity index (χ3n) is 5.12. The molecule has 1 fully saturated rings. The Labute approximate surface area is 152 Å². The van der Waals surface area contributed by atoms with Crippen LogP contribution in [-0.4, -0.2) is 43.1 Å². The molecule has 3 heterocycles. The van der Waals surface area contributed by atoms with Crippen molar-refractivity contribution in [2.75, 3.05) is 6.54 Å². The molecule has 2 aromatic heterocycles. The molecule has 1 atom stereocenters. The standard InChI is InChI=1S/C20H23N5O/c1-13-10-21-24(11-13)12-17-5-4-8-25(17)20(26)16-6-7-18-19(9-16)23-15(3)14(2)22-18/h6-7,9-11,17H,4-5,8,12H2,1-3H3/t17-/m1/s1. The minimum absolute atomic E-state index is 0.0679. The topological polar surface area (TPSA) is 63.9 Å². The number of carbonyl (C=O) groups excluding carboxylic acids is 1. The van der Waals surface area contributed by atoms with Crippen LogP contribution in [0, 0.1) is 20.8 Å². The van der Waals surface area contributed by atoms with E-state index in [-0.39, 0.29) is 11.9 Å². The van der Waals surface area contributed by atoms with Gasteiger partial charge in [0.25, 0.3) is 5.91 Å². The summed E-state index contributed by atoms with van der Waals surface area (Å²) in [6, 6.07) is 5.80. The minimum Gasteiger partial charge on any atom is -0.334 e. The second kappa shape index (κ2) is 6.52. The average Bonchev–Trinajstić information content (AvgIpc) is 3.24. The fourth-order valence-electron chi connectivity index (χ4n) is 3.61. The Balaban J connectivity index is 1.59. The Morgan fingerprint density at radius 2 is 1.92 bits per heavy atom. The van der Waals surface area contributed by atoms with Crippen LogP contribution in [0.1, 0.15) is 40.2 Å². The van der Waals surface area contributed by atoms with Gasteiger partial charge in [0.2, 0.25) is 0 Å². The summed E-state index contributed by atoms with van der Waals surface area (Å²) in [6.07, 6.45) is 5.92. The summed E-state index contributed by atoms with van der Waals surface area (Å²) in [4.78, 5) is 24.2. The number of carbonyl (C=O) groups is 1. The maximum atomic E-state index is 13.1. The van der Waals surface area contributed by atoms with Gasteiger partial charge in [-0.05, 0) is 57.4 Å². The van der Waals surface area contributed by atoms with Crippen molar-refractivity contribution in [1.82, 2.24) is 24.6 Å². The lowest BCUT2D eigenvalue weighted by Gasteiger charge is -2.25. The molecule has 1 amide bonds. The second-order valence-corrected chi connectivity index (χ2v) is 7.13. The Bertz CT molecular complexity index is 977. The molecule has 1 aliphatic heterocycles. The zero-order valence-electron chi connectivity index (χ0n) is 15.4. The Kier molecular flexibility index (Phi) is 4.18. The molecule has 0 aliphatic carbocycles. The van der Waals surface area contributed by atoms with Crippen molar-refractivity contribution >= 4 is 16.9 Å². The molecule has 0 radical (unpaired) electrons. The van der Waals surface area contributed by atoms with Crippen molar-refractivity contribution in [1.29, 1.82) is 0 Å². The summed E-state index contributed by atoms with van der Waals surface area (Å²) < 4.78 is 1.93. The van der Waals surface area contributed by atoms with Gasteiger partial charge < -0.3 is 4.90 Å². The van der Waals surface area contributed by atoms with Gasteiger partial charge in [-0.25, -0.2) is 9.97 Å². The van der Waals surface area contributed by atoms with E-state index in [1.165, 1.54) is 0 Å². The van der Waals surface area contributed by atoms with Gasteiger partial charge in [-0.1, -0.05) is 0 Å². The van der Waals surface area contributed by atoms with Crippen LogP contribution in [0.3, 0.4) is 0 Å². The quantitative estimate of drug-likeness (QED) is 0.729. The maximum absolute atomic E-state index is 13.1. The Morgan fingerprint density at radius 1 is 1.15 bits per heavy atom. The molecular weight excluding hydrogens is 326 g/mol. The number of likely N-dealkylation sites (tertiary alicyclic amines) is 1. The number of aryl methyl sites for hydroxylation is 3. The fourth-order valence-corrected chi connectivity index (χ4v) is 3.61. The summed E-state index contributed by atoms with van der Waals surface area (Å²) in [6.45, 7) is 7.46. The van der Waals surface area contributed by atoms with Crippen molar-refractivity contribution < 1.29 is 4.79 Å². The van der Waals surface area contributed by atoms with Gasteiger partial charge in [0.15, 0.2) is 0 Å². The Hall–Kier alpha value is -2.76. The first-order valence-electron chi connectivity index (χ1n) is 9.06. The lowest BCUT2D eigenvalue weighted by Crippen LogP contribution is -2.38. The third kappa shape index (κ3) is 3.07. The molecule has 0 N–H and O–H groups in total. The normalized spacial score (nSPS) is 17.2. The molecule has 6 heteroatoms. The van der Waals surface area contributed by atoms with Crippen molar-refractivity contribution in [3.63, 3.8) is 0 Å². The highest BCUT2D eigenvalue weighted by atomic mass is 16.2. The number of fused-ring (bicyclic) bond motifs is 1. The van der Waals surface area contributed by atoms with Crippen molar-refractivity contribution in [3.05, 3.63) is 53.1 Å².